The van der Waals surface area contributed by atoms with E-state index in [0.29, 0.717) is 23.2 Å². The summed E-state index contributed by atoms with van der Waals surface area (Å²) < 4.78 is 0. The van der Waals surface area contributed by atoms with Gasteiger partial charge in [0.25, 0.3) is 5.91 Å². The summed E-state index contributed by atoms with van der Waals surface area (Å²) in [4.78, 5) is 29.5. The van der Waals surface area contributed by atoms with Gasteiger partial charge in [0.2, 0.25) is 0 Å². The Kier molecular flexibility index (Phi) is 5.00. The predicted octanol–water partition coefficient (Wildman–Crippen LogP) is 3.55. The van der Waals surface area contributed by atoms with Gasteiger partial charge in [-0.15, -0.1) is 0 Å². The molecule has 0 fully saturated rings. The lowest BCUT2D eigenvalue weighted by Crippen LogP contribution is -2.25. The fourth-order valence-electron chi connectivity index (χ4n) is 2.51. The number of aromatic nitrogens is 1. The van der Waals surface area contributed by atoms with Crippen LogP contribution in [-0.2, 0) is 6.54 Å². The van der Waals surface area contributed by atoms with Gasteiger partial charge in [-0.3, -0.25) is 14.6 Å². The highest BCUT2D eigenvalue weighted by atomic mass is 16.2. The molecule has 1 N–H and O–H groups in total. The summed E-state index contributed by atoms with van der Waals surface area (Å²) in [5, 5.41) is 2.82. The molecule has 1 aromatic heterocycles. The Morgan fingerprint density at radius 2 is 1.56 bits per heavy atom. The molecule has 0 spiro atoms. The number of amides is 1. The van der Waals surface area contributed by atoms with Gasteiger partial charge in [-0.1, -0.05) is 54.1 Å². The lowest BCUT2D eigenvalue weighted by atomic mass is 9.97. The summed E-state index contributed by atoms with van der Waals surface area (Å²) in [6, 6.07) is 19.7. The van der Waals surface area contributed by atoms with Gasteiger partial charge in [-0.25, -0.2) is 0 Å². The Morgan fingerprint density at radius 1 is 0.880 bits per heavy atom. The molecule has 2 aromatic carbocycles. The lowest BCUT2D eigenvalue weighted by molar-refractivity contribution is 0.0939. The number of benzene rings is 2. The maximum Gasteiger partial charge on any atom is 0.252 e. The van der Waals surface area contributed by atoms with E-state index in [4.69, 9.17) is 0 Å². The van der Waals surface area contributed by atoms with E-state index in [1.54, 1.807) is 42.6 Å². The van der Waals surface area contributed by atoms with Crippen LogP contribution < -0.4 is 5.32 Å². The third-order valence-corrected chi connectivity index (χ3v) is 3.89. The minimum Gasteiger partial charge on any atom is -0.346 e. The molecular weight excluding hydrogens is 312 g/mol. The quantitative estimate of drug-likeness (QED) is 0.728. The summed E-state index contributed by atoms with van der Waals surface area (Å²) in [5.74, 6) is -0.453. The molecule has 0 saturated carbocycles. The Hall–Kier alpha value is -3.27. The van der Waals surface area contributed by atoms with Crippen LogP contribution in [0.1, 0.15) is 37.5 Å². The van der Waals surface area contributed by atoms with Crippen LogP contribution in [-0.4, -0.2) is 16.7 Å². The predicted molar refractivity (Wildman–Crippen MR) is 96.5 cm³/mol. The highest BCUT2D eigenvalue weighted by Gasteiger charge is 2.17. The molecule has 3 rings (SSSR count). The van der Waals surface area contributed by atoms with Gasteiger partial charge >= 0.3 is 0 Å². The van der Waals surface area contributed by atoms with Crippen molar-refractivity contribution in [3.05, 3.63) is 101 Å². The van der Waals surface area contributed by atoms with Crippen LogP contribution >= 0.6 is 0 Å². The van der Waals surface area contributed by atoms with Gasteiger partial charge in [-0.05, 0) is 25.1 Å². The zero-order chi connectivity index (χ0) is 17.6. The van der Waals surface area contributed by atoms with E-state index in [1.807, 2.05) is 37.3 Å². The smallest absolute Gasteiger partial charge is 0.252 e. The minimum absolute atomic E-state index is 0.163. The van der Waals surface area contributed by atoms with Crippen molar-refractivity contribution in [3.8, 4) is 0 Å². The maximum atomic E-state index is 12.8. The second kappa shape index (κ2) is 7.53. The third-order valence-electron chi connectivity index (χ3n) is 3.89. The van der Waals surface area contributed by atoms with Crippen LogP contribution in [0, 0.1) is 6.92 Å². The third kappa shape index (κ3) is 3.98. The monoisotopic (exact) mass is 330 g/mol. The van der Waals surface area contributed by atoms with E-state index < -0.39 is 0 Å². The van der Waals surface area contributed by atoms with Crippen LogP contribution in [0.15, 0.2) is 72.9 Å². The Bertz CT molecular complexity index is 887. The summed E-state index contributed by atoms with van der Waals surface area (Å²) in [5.41, 5.74) is 3.17. The number of aryl methyl sites for hydroxylation is 1. The second-order valence-electron chi connectivity index (χ2n) is 5.74. The van der Waals surface area contributed by atoms with Gasteiger partial charge in [-0.2, -0.15) is 0 Å². The number of rotatable bonds is 5. The fraction of sp³-hybridized carbons (Fsp3) is 0.0952. The summed E-state index contributed by atoms with van der Waals surface area (Å²) in [7, 11) is 0. The molecule has 4 nitrogen and oxygen atoms in total. The highest BCUT2D eigenvalue weighted by Crippen LogP contribution is 2.15. The summed E-state index contributed by atoms with van der Waals surface area (Å²) in [6.45, 7) is 2.28. The molecule has 0 aliphatic heterocycles. The van der Waals surface area contributed by atoms with Gasteiger partial charge in [0.05, 0.1) is 17.8 Å². The van der Waals surface area contributed by atoms with Crippen molar-refractivity contribution >= 4 is 11.7 Å². The zero-order valence-corrected chi connectivity index (χ0v) is 13.9. The molecule has 0 radical (unpaired) electrons. The zero-order valence-electron chi connectivity index (χ0n) is 13.9. The average Bonchev–Trinajstić information content (AvgIpc) is 2.67. The van der Waals surface area contributed by atoms with E-state index in [2.05, 4.69) is 10.3 Å². The number of hydrogen-bond donors (Lipinski definition) is 1. The van der Waals surface area contributed by atoms with Gasteiger partial charge in [0.15, 0.2) is 5.78 Å². The lowest BCUT2D eigenvalue weighted by Gasteiger charge is -2.10. The Balaban J connectivity index is 1.81. The van der Waals surface area contributed by atoms with Gasteiger partial charge in [0.1, 0.15) is 0 Å². The first-order valence-electron chi connectivity index (χ1n) is 8.03. The van der Waals surface area contributed by atoms with Crippen LogP contribution in [0.3, 0.4) is 0 Å². The molecule has 1 amide bonds. The van der Waals surface area contributed by atoms with Crippen molar-refractivity contribution in [1.29, 1.82) is 0 Å². The Labute approximate surface area is 146 Å². The first-order chi connectivity index (χ1) is 12.1. The van der Waals surface area contributed by atoms with E-state index in [-0.39, 0.29) is 11.7 Å². The number of nitrogens with zero attached hydrogens (tertiary/aromatic N) is 1. The van der Waals surface area contributed by atoms with Crippen molar-refractivity contribution in [2.45, 2.75) is 13.5 Å². The molecule has 0 aliphatic carbocycles. The minimum atomic E-state index is -0.290. The topological polar surface area (TPSA) is 59.1 Å². The second-order valence-corrected chi connectivity index (χ2v) is 5.74. The fourth-order valence-corrected chi connectivity index (χ4v) is 2.51. The number of ketones is 1. The molecule has 124 valence electrons. The SMILES string of the molecule is Cc1ccc(C(=O)c2ccccc2C(=O)NCc2ccccn2)cc1. The van der Waals surface area contributed by atoms with E-state index in [9.17, 15) is 9.59 Å². The molecule has 0 unspecified atom stereocenters. The first-order valence-corrected chi connectivity index (χ1v) is 8.03. The normalized spacial score (nSPS) is 10.3. The Morgan fingerprint density at radius 3 is 2.24 bits per heavy atom. The van der Waals surface area contributed by atoms with Crippen molar-refractivity contribution in [2.75, 3.05) is 0 Å². The molecule has 0 atom stereocenters. The van der Waals surface area contributed by atoms with E-state index in [1.165, 1.54) is 0 Å². The molecule has 4 heteroatoms. The van der Waals surface area contributed by atoms with Crippen molar-refractivity contribution in [2.24, 2.45) is 0 Å². The van der Waals surface area contributed by atoms with Crippen LogP contribution in [0.5, 0.6) is 0 Å². The summed E-state index contributed by atoms with van der Waals surface area (Å²) in [6.07, 6.45) is 1.68. The number of nitrogens with one attached hydrogen (secondary N) is 1. The van der Waals surface area contributed by atoms with E-state index in [0.717, 1.165) is 11.3 Å². The van der Waals surface area contributed by atoms with Crippen LogP contribution in [0.4, 0.5) is 0 Å². The summed E-state index contributed by atoms with van der Waals surface area (Å²) >= 11 is 0. The molecule has 25 heavy (non-hydrogen) atoms. The number of carbonyl (C=O) groups is 2. The van der Waals surface area contributed by atoms with Crippen LogP contribution in [0.25, 0.3) is 0 Å². The van der Waals surface area contributed by atoms with Gasteiger partial charge < -0.3 is 5.32 Å². The molecule has 0 bridgehead atoms. The molecule has 1 heterocycles. The van der Waals surface area contributed by atoms with Crippen molar-refractivity contribution in [1.82, 2.24) is 10.3 Å². The number of pyridine rings is 1. The molecule has 0 saturated heterocycles. The van der Waals surface area contributed by atoms with Crippen molar-refractivity contribution in [3.63, 3.8) is 0 Å². The standard InChI is InChI=1S/C21H18N2O2/c1-15-9-11-16(12-10-15)20(24)18-7-2-3-8-19(18)21(25)23-14-17-6-4-5-13-22-17/h2-13H,14H2,1H3,(H,23,25). The largest absolute Gasteiger partial charge is 0.346 e. The van der Waals surface area contributed by atoms with E-state index >= 15 is 0 Å². The van der Waals surface area contributed by atoms with Crippen molar-refractivity contribution < 1.29 is 9.59 Å². The maximum absolute atomic E-state index is 12.8. The van der Waals surface area contributed by atoms with Gasteiger partial charge in [0, 0.05) is 17.3 Å². The molecular formula is C21H18N2O2. The average molecular weight is 330 g/mol. The van der Waals surface area contributed by atoms with Crippen LogP contribution in [0.2, 0.25) is 0 Å². The first kappa shape index (κ1) is 16.6. The molecule has 0 aliphatic rings. The highest BCUT2D eigenvalue weighted by molar-refractivity contribution is 6.15. The molecule has 3 aromatic rings. The number of carbonyl (C=O) groups excluding carboxylic acids is 2. The number of hydrogen-bond acceptors (Lipinski definition) is 3.